The summed E-state index contributed by atoms with van der Waals surface area (Å²) in [5.74, 6) is 0.472. The van der Waals surface area contributed by atoms with Crippen LogP contribution in [0.2, 0.25) is 0 Å². The highest BCUT2D eigenvalue weighted by atomic mass is 19.4. The molecular formula is C14H11F3N2O2. The minimum atomic E-state index is -4.42. The van der Waals surface area contributed by atoms with Gasteiger partial charge in [0.05, 0.1) is 11.3 Å². The smallest absolute Gasteiger partial charge is 0.417 e. The second-order valence-electron chi connectivity index (χ2n) is 4.19. The largest absolute Gasteiger partial charge is 0.439 e. The van der Waals surface area contributed by atoms with E-state index in [0.29, 0.717) is 23.2 Å². The first-order valence-corrected chi connectivity index (χ1v) is 5.90. The third-order valence-electron chi connectivity index (χ3n) is 2.71. The van der Waals surface area contributed by atoms with Gasteiger partial charge in [-0.05, 0) is 42.8 Å². The van der Waals surface area contributed by atoms with Gasteiger partial charge < -0.3 is 9.94 Å². The van der Waals surface area contributed by atoms with Crippen LogP contribution in [-0.2, 0) is 6.18 Å². The Morgan fingerprint density at radius 1 is 1.14 bits per heavy atom. The first-order chi connectivity index (χ1) is 9.90. The van der Waals surface area contributed by atoms with E-state index in [-0.39, 0.29) is 5.88 Å². The lowest BCUT2D eigenvalue weighted by Gasteiger charge is -2.08. The van der Waals surface area contributed by atoms with Gasteiger partial charge in [-0.15, -0.1) is 0 Å². The van der Waals surface area contributed by atoms with Gasteiger partial charge >= 0.3 is 6.18 Å². The number of pyridine rings is 1. The van der Waals surface area contributed by atoms with E-state index in [1.807, 2.05) is 0 Å². The summed E-state index contributed by atoms with van der Waals surface area (Å²) in [6.07, 6.45) is -3.71. The zero-order valence-electron chi connectivity index (χ0n) is 10.9. The minimum absolute atomic E-state index is 0.0586. The molecule has 0 aliphatic rings. The average Bonchev–Trinajstić information content (AvgIpc) is 2.47. The topological polar surface area (TPSA) is 54.7 Å². The van der Waals surface area contributed by atoms with Gasteiger partial charge in [0.15, 0.2) is 0 Å². The predicted molar refractivity (Wildman–Crippen MR) is 69.8 cm³/mol. The van der Waals surface area contributed by atoms with Crippen molar-refractivity contribution in [3.63, 3.8) is 0 Å². The van der Waals surface area contributed by atoms with E-state index in [2.05, 4.69) is 10.1 Å². The zero-order chi connectivity index (χ0) is 15.5. The van der Waals surface area contributed by atoms with E-state index in [4.69, 9.17) is 9.94 Å². The fraction of sp³-hybridized carbons (Fsp3) is 0.143. The summed E-state index contributed by atoms with van der Waals surface area (Å²) in [5.41, 5.74) is 0.305. The van der Waals surface area contributed by atoms with Crippen LogP contribution < -0.4 is 4.74 Å². The quantitative estimate of drug-likeness (QED) is 0.527. The van der Waals surface area contributed by atoms with Crippen molar-refractivity contribution in [3.8, 4) is 11.6 Å². The van der Waals surface area contributed by atoms with Crippen LogP contribution in [0.1, 0.15) is 18.1 Å². The van der Waals surface area contributed by atoms with Crippen molar-refractivity contribution in [3.05, 3.63) is 53.7 Å². The Bertz CT molecular complexity index is 635. The molecule has 4 nitrogen and oxygen atoms in total. The van der Waals surface area contributed by atoms with Crippen molar-refractivity contribution in [1.82, 2.24) is 4.98 Å². The maximum absolute atomic E-state index is 12.4. The highest BCUT2D eigenvalue weighted by molar-refractivity contribution is 5.98. The summed E-state index contributed by atoms with van der Waals surface area (Å²) in [7, 11) is 0. The number of halogens is 3. The number of alkyl halides is 3. The normalized spacial score (nSPS) is 12.3. The van der Waals surface area contributed by atoms with E-state index in [0.717, 1.165) is 12.1 Å². The SMILES string of the molecule is CC(=NO)c1ccc(Oc2ccc(C(F)(F)F)cn2)cc1. The van der Waals surface area contributed by atoms with Gasteiger partial charge in [0.25, 0.3) is 0 Å². The Kier molecular flexibility index (Phi) is 4.11. The highest BCUT2D eigenvalue weighted by Crippen LogP contribution is 2.30. The van der Waals surface area contributed by atoms with E-state index in [1.54, 1.807) is 31.2 Å². The Morgan fingerprint density at radius 3 is 2.29 bits per heavy atom. The molecule has 2 rings (SSSR count). The molecule has 0 aliphatic carbocycles. The second kappa shape index (κ2) is 5.82. The molecule has 7 heteroatoms. The molecule has 0 saturated carbocycles. The molecule has 0 fully saturated rings. The number of benzene rings is 1. The lowest BCUT2D eigenvalue weighted by atomic mass is 10.1. The summed E-state index contributed by atoms with van der Waals surface area (Å²) in [4.78, 5) is 3.61. The van der Waals surface area contributed by atoms with E-state index >= 15 is 0 Å². The van der Waals surface area contributed by atoms with Crippen LogP contribution in [0.4, 0.5) is 13.2 Å². The van der Waals surface area contributed by atoms with Gasteiger partial charge in [-0.25, -0.2) is 4.98 Å². The first-order valence-electron chi connectivity index (χ1n) is 5.90. The third kappa shape index (κ3) is 3.71. The molecular weight excluding hydrogens is 285 g/mol. The summed E-state index contributed by atoms with van der Waals surface area (Å²) in [6.45, 7) is 1.63. The van der Waals surface area contributed by atoms with E-state index < -0.39 is 11.7 Å². The van der Waals surface area contributed by atoms with Crippen molar-refractivity contribution < 1.29 is 23.1 Å². The second-order valence-corrected chi connectivity index (χ2v) is 4.19. The van der Waals surface area contributed by atoms with Gasteiger partial charge in [0.1, 0.15) is 5.75 Å². The molecule has 0 atom stereocenters. The van der Waals surface area contributed by atoms with Crippen LogP contribution in [-0.4, -0.2) is 15.9 Å². The zero-order valence-corrected chi connectivity index (χ0v) is 10.9. The average molecular weight is 296 g/mol. The molecule has 0 amide bonds. The minimum Gasteiger partial charge on any atom is -0.439 e. The molecule has 110 valence electrons. The Morgan fingerprint density at radius 2 is 1.81 bits per heavy atom. The monoisotopic (exact) mass is 296 g/mol. The Balaban J connectivity index is 2.11. The van der Waals surface area contributed by atoms with Crippen LogP contribution in [0.5, 0.6) is 11.6 Å². The van der Waals surface area contributed by atoms with Gasteiger partial charge in [0, 0.05) is 12.3 Å². The molecule has 0 spiro atoms. The van der Waals surface area contributed by atoms with Crippen molar-refractivity contribution in [2.75, 3.05) is 0 Å². The van der Waals surface area contributed by atoms with E-state index in [9.17, 15) is 13.2 Å². The van der Waals surface area contributed by atoms with Crippen LogP contribution in [0.25, 0.3) is 0 Å². The number of ether oxygens (including phenoxy) is 1. The fourth-order valence-electron chi connectivity index (χ4n) is 1.55. The molecule has 2 aromatic rings. The highest BCUT2D eigenvalue weighted by Gasteiger charge is 2.30. The van der Waals surface area contributed by atoms with Crippen molar-refractivity contribution >= 4 is 5.71 Å². The molecule has 1 aromatic carbocycles. The maximum atomic E-state index is 12.4. The van der Waals surface area contributed by atoms with Crippen molar-refractivity contribution in [2.24, 2.45) is 5.16 Å². The van der Waals surface area contributed by atoms with Gasteiger partial charge in [-0.1, -0.05) is 5.16 Å². The molecule has 0 unspecified atom stereocenters. The summed E-state index contributed by atoms with van der Waals surface area (Å²) >= 11 is 0. The fourth-order valence-corrected chi connectivity index (χ4v) is 1.55. The lowest BCUT2D eigenvalue weighted by molar-refractivity contribution is -0.137. The van der Waals surface area contributed by atoms with Crippen molar-refractivity contribution in [2.45, 2.75) is 13.1 Å². The standard InChI is InChI=1S/C14H11F3N2O2/c1-9(19-20)10-2-5-12(6-3-10)21-13-7-4-11(8-18-13)14(15,16)17/h2-8,20H,1H3. The molecule has 0 saturated heterocycles. The Hall–Kier alpha value is -2.57. The number of oxime groups is 1. The molecule has 1 heterocycles. The molecule has 0 aliphatic heterocycles. The summed E-state index contributed by atoms with van der Waals surface area (Å²) in [6, 6.07) is 8.58. The molecule has 1 aromatic heterocycles. The molecule has 1 N–H and O–H groups in total. The number of hydrogen-bond acceptors (Lipinski definition) is 4. The lowest BCUT2D eigenvalue weighted by Crippen LogP contribution is -2.05. The van der Waals surface area contributed by atoms with Crippen LogP contribution in [0.15, 0.2) is 47.8 Å². The Labute approximate surface area is 118 Å². The summed E-state index contributed by atoms with van der Waals surface area (Å²) in [5, 5.41) is 11.7. The number of rotatable bonds is 3. The number of aromatic nitrogens is 1. The predicted octanol–water partition coefficient (Wildman–Crippen LogP) is 4.09. The first kappa shape index (κ1) is 14.8. The van der Waals surface area contributed by atoms with E-state index in [1.165, 1.54) is 0 Å². The van der Waals surface area contributed by atoms with Crippen LogP contribution in [0, 0.1) is 0 Å². The maximum Gasteiger partial charge on any atom is 0.417 e. The van der Waals surface area contributed by atoms with Crippen LogP contribution >= 0.6 is 0 Å². The van der Waals surface area contributed by atoms with Gasteiger partial charge in [-0.3, -0.25) is 0 Å². The van der Waals surface area contributed by atoms with Gasteiger partial charge in [-0.2, -0.15) is 13.2 Å². The third-order valence-corrected chi connectivity index (χ3v) is 2.71. The molecule has 0 bridgehead atoms. The number of hydrogen-bond donors (Lipinski definition) is 1. The van der Waals surface area contributed by atoms with Crippen molar-refractivity contribution in [1.29, 1.82) is 0 Å². The molecule has 21 heavy (non-hydrogen) atoms. The van der Waals surface area contributed by atoms with Gasteiger partial charge in [0.2, 0.25) is 5.88 Å². The number of nitrogens with zero attached hydrogens (tertiary/aromatic N) is 2. The summed E-state index contributed by atoms with van der Waals surface area (Å²) < 4.78 is 42.5. The van der Waals surface area contributed by atoms with Crippen LogP contribution in [0.3, 0.4) is 0 Å². The molecule has 0 radical (unpaired) electrons.